The highest BCUT2D eigenvalue weighted by molar-refractivity contribution is 6.30. The molecule has 2 aromatic rings. The standard InChI is InChI=1S/C21H24ClNO4/c1-21(2,3)16-6-4-15(5-7-16)20(25)23-14-19(24)27-13-12-26-18-10-8-17(22)9-11-18/h4-11H,12-14H2,1-3H3,(H,23,25). The third-order valence-corrected chi connectivity index (χ3v) is 4.09. The van der Waals surface area contributed by atoms with Crippen LogP contribution in [0.1, 0.15) is 36.7 Å². The van der Waals surface area contributed by atoms with E-state index >= 15 is 0 Å². The van der Waals surface area contributed by atoms with E-state index in [-0.39, 0.29) is 31.1 Å². The molecule has 0 aliphatic carbocycles. The van der Waals surface area contributed by atoms with Crippen molar-refractivity contribution in [2.45, 2.75) is 26.2 Å². The lowest BCUT2D eigenvalue weighted by Gasteiger charge is -2.19. The SMILES string of the molecule is CC(C)(C)c1ccc(C(=O)NCC(=O)OCCOc2ccc(Cl)cc2)cc1. The van der Waals surface area contributed by atoms with Crippen LogP contribution in [0.2, 0.25) is 5.02 Å². The van der Waals surface area contributed by atoms with E-state index in [9.17, 15) is 9.59 Å². The lowest BCUT2D eigenvalue weighted by atomic mass is 9.87. The number of amides is 1. The van der Waals surface area contributed by atoms with Gasteiger partial charge in [0.15, 0.2) is 0 Å². The number of ether oxygens (including phenoxy) is 2. The number of benzene rings is 2. The Labute approximate surface area is 164 Å². The first-order valence-electron chi connectivity index (χ1n) is 8.68. The summed E-state index contributed by atoms with van der Waals surface area (Å²) in [5.74, 6) is -0.193. The van der Waals surface area contributed by atoms with Crippen molar-refractivity contribution >= 4 is 23.5 Å². The van der Waals surface area contributed by atoms with Crippen LogP contribution >= 0.6 is 11.6 Å². The molecular weight excluding hydrogens is 366 g/mol. The Hall–Kier alpha value is -2.53. The second-order valence-corrected chi connectivity index (χ2v) is 7.47. The van der Waals surface area contributed by atoms with Crippen LogP contribution in [0.15, 0.2) is 48.5 Å². The summed E-state index contributed by atoms with van der Waals surface area (Å²) in [6.07, 6.45) is 0. The molecule has 1 amide bonds. The maximum absolute atomic E-state index is 12.1. The van der Waals surface area contributed by atoms with Gasteiger partial charge in [-0.2, -0.15) is 0 Å². The van der Waals surface area contributed by atoms with E-state index in [4.69, 9.17) is 21.1 Å². The monoisotopic (exact) mass is 389 g/mol. The molecular formula is C21H24ClNO4. The average Bonchev–Trinajstić information content (AvgIpc) is 2.64. The number of esters is 1. The maximum Gasteiger partial charge on any atom is 0.325 e. The highest BCUT2D eigenvalue weighted by Gasteiger charge is 2.14. The molecule has 144 valence electrons. The molecule has 0 aromatic heterocycles. The predicted octanol–water partition coefficient (Wildman–Crippen LogP) is 3.99. The second-order valence-electron chi connectivity index (χ2n) is 7.03. The Morgan fingerprint density at radius 3 is 2.19 bits per heavy atom. The summed E-state index contributed by atoms with van der Waals surface area (Å²) < 4.78 is 10.5. The predicted molar refractivity (Wildman–Crippen MR) is 105 cm³/mol. The maximum atomic E-state index is 12.1. The quantitative estimate of drug-likeness (QED) is 0.574. The van der Waals surface area contributed by atoms with Crippen molar-refractivity contribution in [1.29, 1.82) is 0 Å². The third-order valence-electron chi connectivity index (χ3n) is 3.84. The van der Waals surface area contributed by atoms with E-state index in [2.05, 4.69) is 26.1 Å². The van der Waals surface area contributed by atoms with Crippen LogP contribution in [0.25, 0.3) is 0 Å². The van der Waals surface area contributed by atoms with Gasteiger partial charge in [0.25, 0.3) is 5.91 Å². The summed E-state index contributed by atoms with van der Waals surface area (Å²) >= 11 is 5.79. The van der Waals surface area contributed by atoms with Crippen LogP contribution in [0.4, 0.5) is 0 Å². The number of halogens is 1. The molecule has 2 rings (SSSR count). The zero-order chi connectivity index (χ0) is 19.9. The molecule has 5 nitrogen and oxygen atoms in total. The molecule has 0 radical (unpaired) electrons. The molecule has 0 heterocycles. The van der Waals surface area contributed by atoms with E-state index in [1.54, 1.807) is 36.4 Å². The molecule has 2 aromatic carbocycles. The zero-order valence-electron chi connectivity index (χ0n) is 15.8. The number of carbonyl (C=O) groups is 2. The molecule has 0 atom stereocenters. The number of carbonyl (C=O) groups excluding carboxylic acids is 2. The van der Waals surface area contributed by atoms with E-state index < -0.39 is 5.97 Å². The van der Waals surface area contributed by atoms with E-state index in [1.807, 2.05) is 12.1 Å². The molecule has 0 saturated carbocycles. The molecule has 27 heavy (non-hydrogen) atoms. The Bertz CT molecular complexity index is 764. The van der Waals surface area contributed by atoms with Crippen molar-refractivity contribution in [1.82, 2.24) is 5.32 Å². The minimum Gasteiger partial charge on any atom is -0.490 e. The molecule has 6 heteroatoms. The molecule has 0 saturated heterocycles. The summed E-state index contributed by atoms with van der Waals surface area (Å²) in [5.41, 5.74) is 1.66. The van der Waals surface area contributed by atoms with Crippen molar-refractivity contribution in [3.8, 4) is 5.75 Å². The lowest BCUT2D eigenvalue weighted by molar-refractivity contribution is -0.143. The Morgan fingerprint density at radius 2 is 1.59 bits per heavy atom. The van der Waals surface area contributed by atoms with Gasteiger partial charge in [0.05, 0.1) is 0 Å². The topological polar surface area (TPSA) is 64.6 Å². The molecule has 1 N–H and O–H groups in total. The van der Waals surface area contributed by atoms with Crippen LogP contribution in [-0.2, 0) is 14.9 Å². The molecule has 0 bridgehead atoms. The first-order valence-corrected chi connectivity index (χ1v) is 9.06. The first kappa shape index (κ1) is 20.8. The van der Waals surface area contributed by atoms with Gasteiger partial charge >= 0.3 is 5.97 Å². The van der Waals surface area contributed by atoms with Crippen LogP contribution in [0.3, 0.4) is 0 Å². The fourth-order valence-electron chi connectivity index (χ4n) is 2.27. The number of hydrogen-bond acceptors (Lipinski definition) is 4. The van der Waals surface area contributed by atoms with Gasteiger partial charge in [-0.1, -0.05) is 44.5 Å². The smallest absolute Gasteiger partial charge is 0.325 e. The summed E-state index contributed by atoms with van der Waals surface area (Å²) in [6.45, 7) is 6.44. The largest absolute Gasteiger partial charge is 0.490 e. The van der Waals surface area contributed by atoms with Gasteiger partial charge in [-0.25, -0.2) is 0 Å². The zero-order valence-corrected chi connectivity index (χ0v) is 16.5. The Morgan fingerprint density at radius 1 is 0.963 bits per heavy atom. The van der Waals surface area contributed by atoms with Gasteiger partial charge in [0, 0.05) is 10.6 Å². The van der Waals surface area contributed by atoms with Crippen molar-refractivity contribution in [2.24, 2.45) is 0 Å². The van der Waals surface area contributed by atoms with Crippen LogP contribution in [0.5, 0.6) is 5.75 Å². The first-order chi connectivity index (χ1) is 12.8. The fraction of sp³-hybridized carbons (Fsp3) is 0.333. The summed E-state index contributed by atoms with van der Waals surface area (Å²) in [6, 6.07) is 14.2. The van der Waals surface area contributed by atoms with Crippen molar-refractivity contribution in [2.75, 3.05) is 19.8 Å². The Kier molecular flexibility index (Phi) is 7.25. The van der Waals surface area contributed by atoms with Crippen LogP contribution in [0, 0.1) is 0 Å². The molecule has 0 aliphatic rings. The molecule has 0 fully saturated rings. The molecule has 0 aliphatic heterocycles. The lowest BCUT2D eigenvalue weighted by Crippen LogP contribution is -2.31. The van der Waals surface area contributed by atoms with Gasteiger partial charge in [-0.05, 0) is 47.4 Å². The number of rotatable bonds is 7. The average molecular weight is 390 g/mol. The minimum absolute atomic E-state index is 0.0207. The second kappa shape index (κ2) is 9.42. The van der Waals surface area contributed by atoms with Crippen LogP contribution in [-0.4, -0.2) is 31.6 Å². The third kappa shape index (κ3) is 6.94. The Balaban J connectivity index is 1.68. The van der Waals surface area contributed by atoms with E-state index in [1.165, 1.54) is 0 Å². The normalized spacial score (nSPS) is 11.0. The van der Waals surface area contributed by atoms with Gasteiger partial charge in [0.1, 0.15) is 25.5 Å². The van der Waals surface area contributed by atoms with Crippen molar-refractivity contribution in [3.63, 3.8) is 0 Å². The molecule has 0 unspecified atom stereocenters. The highest BCUT2D eigenvalue weighted by atomic mass is 35.5. The molecule has 0 spiro atoms. The van der Waals surface area contributed by atoms with Gasteiger partial charge in [-0.15, -0.1) is 0 Å². The number of hydrogen-bond donors (Lipinski definition) is 1. The van der Waals surface area contributed by atoms with Gasteiger partial charge in [0.2, 0.25) is 0 Å². The summed E-state index contributed by atoms with van der Waals surface area (Å²) in [4.78, 5) is 23.8. The van der Waals surface area contributed by atoms with E-state index in [0.717, 1.165) is 5.56 Å². The summed E-state index contributed by atoms with van der Waals surface area (Å²) in [7, 11) is 0. The van der Waals surface area contributed by atoms with Crippen molar-refractivity contribution in [3.05, 3.63) is 64.7 Å². The fourth-order valence-corrected chi connectivity index (χ4v) is 2.40. The van der Waals surface area contributed by atoms with E-state index in [0.29, 0.717) is 16.3 Å². The summed E-state index contributed by atoms with van der Waals surface area (Å²) in [5, 5.41) is 3.18. The van der Waals surface area contributed by atoms with Gasteiger partial charge < -0.3 is 14.8 Å². The van der Waals surface area contributed by atoms with Crippen molar-refractivity contribution < 1.29 is 19.1 Å². The minimum atomic E-state index is -0.519. The van der Waals surface area contributed by atoms with Crippen LogP contribution < -0.4 is 10.1 Å². The van der Waals surface area contributed by atoms with Gasteiger partial charge in [-0.3, -0.25) is 9.59 Å². The highest BCUT2D eigenvalue weighted by Crippen LogP contribution is 2.22. The number of nitrogens with one attached hydrogen (secondary N) is 1.